The van der Waals surface area contributed by atoms with Gasteiger partial charge < -0.3 is 30.2 Å². The third-order valence-corrected chi connectivity index (χ3v) is 7.19. The Hall–Kier alpha value is -3.52. The highest BCUT2D eigenvalue weighted by atomic mass is 16.5. The molecule has 2 aromatic carbocycles. The van der Waals surface area contributed by atoms with Crippen molar-refractivity contribution in [2.24, 2.45) is 0 Å². The molecule has 0 bridgehead atoms. The van der Waals surface area contributed by atoms with Gasteiger partial charge in [-0.25, -0.2) is 0 Å². The number of nitrogens with zero attached hydrogens (tertiary/aromatic N) is 2. The lowest BCUT2D eigenvalue weighted by Gasteiger charge is -2.46. The van der Waals surface area contributed by atoms with Crippen LogP contribution in [0.3, 0.4) is 0 Å². The van der Waals surface area contributed by atoms with Gasteiger partial charge in [-0.2, -0.15) is 0 Å². The lowest BCUT2D eigenvalue weighted by molar-refractivity contribution is -0.117. The van der Waals surface area contributed by atoms with Crippen molar-refractivity contribution in [3.05, 3.63) is 53.2 Å². The Morgan fingerprint density at radius 1 is 1.24 bits per heavy atom. The molecule has 1 fully saturated rings. The quantitative estimate of drug-likeness (QED) is 0.577. The zero-order chi connectivity index (χ0) is 22.7. The maximum atomic E-state index is 13.5. The van der Waals surface area contributed by atoms with Crippen LogP contribution in [0.2, 0.25) is 0 Å². The summed E-state index contributed by atoms with van der Waals surface area (Å²) in [5, 5.41) is 7.42. The summed E-state index contributed by atoms with van der Waals surface area (Å²) in [5.41, 5.74) is 5.48. The van der Waals surface area contributed by atoms with Gasteiger partial charge in [0.05, 0.1) is 24.5 Å². The van der Waals surface area contributed by atoms with E-state index < -0.39 is 0 Å². The number of carbonyl (C=O) groups excluding carboxylic acids is 2. The van der Waals surface area contributed by atoms with E-state index in [1.54, 1.807) is 7.11 Å². The highest BCUT2D eigenvalue weighted by Crippen LogP contribution is 2.45. The Balaban J connectivity index is 1.38. The molecule has 1 saturated heterocycles. The van der Waals surface area contributed by atoms with Gasteiger partial charge in [0.15, 0.2) is 0 Å². The van der Waals surface area contributed by atoms with Crippen LogP contribution in [-0.4, -0.2) is 55.0 Å². The topological polar surface area (TPSA) is 89.7 Å². The molecule has 0 spiro atoms. The Labute approximate surface area is 191 Å². The molecule has 6 rings (SSSR count). The maximum absolute atomic E-state index is 13.5. The molecule has 4 heterocycles. The van der Waals surface area contributed by atoms with Gasteiger partial charge in [-0.15, -0.1) is 0 Å². The van der Waals surface area contributed by atoms with Crippen LogP contribution in [0.4, 0.5) is 11.4 Å². The van der Waals surface area contributed by atoms with Crippen LogP contribution in [0.25, 0.3) is 10.9 Å². The van der Waals surface area contributed by atoms with Crippen molar-refractivity contribution in [3.8, 4) is 5.75 Å². The average Bonchev–Trinajstić information content (AvgIpc) is 3.49. The number of fused-ring (bicyclic) bond motifs is 6. The molecular formula is C25H27N5O3. The number of rotatable bonds is 3. The Morgan fingerprint density at radius 3 is 2.91 bits per heavy atom. The fourth-order valence-electron chi connectivity index (χ4n) is 5.58. The number of benzene rings is 2. The van der Waals surface area contributed by atoms with Crippen molar-refractivity contribution in [1.29, 1.82) is 0 Å². The smallest absolute Gasteiger partial charge is 0.261 e. The van der Waals surface area contributed by atoms with Gasteiger partial charge in [0.2, 0.25) is 5.91 Å². The van der Waals surface area contributed by atoms with Crippen LogP contribution >= 0.6 is 0 Å². The number of ether oxygens (including phenoxy) is 1. The molecule has 3 aliphatic rings. The van der Waals surface area contributed by atoms with Crippen LogP contribution in [0.1, 0.15) is 40.6 Å². The second-order valence-corrected chi connectivity index (χ2v) is 9.00. The fourth-order valence-corrected chi connectivity index (χ4v) is 5.58. The van der Waals surface area contributed by atoms with E-state index in [2.05, 4.69) is 26.6 Å². The Morgan fingerprint density at radius 2 is 2.12 bits per heavy atom. The minimum atomic E-state index is -0.214. The lowest BCUT2D eigenvalue weighted by atomic mass is 9.95. The largest absolute Gasteiger partial charge is 0.496 e. The number of hydrogen-bond acceptors (Lipinski definition) is 5. The fraction of sp³-hybridized carbons (Fsp3) is 0.360. The predicted molar refractivity (Wildman–Crippen MR) is 127 cm³/mol. The summed E-state index contributed by atoms with van der Waals surface area (Å²) in [5.74, 6) is 0.603. The molecule has 33 heavy (non-hydrogen) atoms. The maximum Gasteiger partial charge on any atom is 0.261 e. The first-order valence-electron chi connectivity index (χ1n) is 11.5. The van der Waals surface area contributed by atoms with E-state index >= 15 is 0 Å². The molecule has 3 aromatic rings. The molecule has 0 radical (unpaired) electrons. The van der Waals surface area contributed by atoms with E-state index in [-0.39, 0.29) is 24.0 Å². The van der Waals surface area contributed by atoms with Crippen LogP contribution < -0.4 is 20.3 Å². The SMILES string of the molecule is COc1cccc2c1C(=O)N1CCc3c([nH]c4cc(NC(=O)[C@H]5CCCN5)ccc34)[C@H]1N2C. The van der Waals surface area contributed by atoms with Crippen LogP contribution in [0.15, 0.2) is 36.4 Å². The molecule has 8 heteroatoms. The van der Waals surface area contributed by atoms with E-state index in [9.17, 15) is 9.59 Å². The summed E-state index contributed by atoms with van der Waals surface area (Å²) in [6.07, 6.45) is 2.45. The number of aromatic amines is 1. The van der Waals surface area contributed by atoms with Crippen molar-refractivity contribution in [2.45, 2.75) is 31.5 Å². The number of aromatic nitrogens is 1. The first-order chi connectivity index (χ1) is 16.1. The van der Waals surface area contributed by atoms with E-state index in [1.165, 1.54) is 5.56 Å². The van der Waals surface area contributed by atoms with E-state index in [0.717, 1.165) is 53.8 Å². The summed E-state index contributed by atoms with van der Waals surface area (Å²) in [6, 6.07) is 11.6. The van der Waals surface area contributed by atoms with E-state index in [4.69, 9.17) is 4.74 Å². The summed E-state index contributed by atoms with van der Waals surface area (Å²) in [4.78, 5) is 33.6. The Bertz CT molecular complexity index is 1280. The van der Waals surface area contributed by atoms with Gasteiger partial charge in [0, 0.05) is 30.2 Å². The molecular weight excluding hydrogens is 418 g/mol. The highest BCUT2D eigenvalue weighted by molar-refractivity contribution is 6.05. The Kier molecular flexibility index (Phi) is 4.58. The third kappa shape index (κ3) is 3.01. The number of nitrogens with one attached hydrogen (secondary N) is 3. The van der Waals surface area contributed by atoms with Gasteiger partial charge in [-0.3, -0.25) is 9.59 Å². The molecule has 0 saturated carbocycles. The minimum Gasteiger partial charge on any atom is -0.496 e. The minimum absolute atomic E-state index is 0.00753. The first kappa shape index (κ1) is 20.1. The molecule has 1 aromatic heterocycles. The zero-order valence-electron chi connectivity index (χ0n) is 18.8. The molecule has 2 atom stereocenters. The number of amides is 2. The summed E-state index contributed by atoms with van der Waals surface area (Å²) < 4.78 is 5.49. The molecule has 0 unspecified atom stereocenters. The van der Waals surface area contributed by atoms with Crippen LogP contribution in [0.5, 0.6) is 5.75 Å². The molecule has 3 N–H and O–H groups in total. The number of H-pyrrole nitrogens is 1. The van der Waals surface area contributed by atoms with Crippen molar-refractivity contribution in [1.82, 2.24) is 15.2 Å². The summed E-state index contributed by atoms with van der Waals surface area (Å²) >= 11 is 0. The van der Waals surface area contributed by atoms with Gasteiger partial charge in [0.25, 0.3) is 5.91 Å². The van der Waals surface area contributed by atoms with Crippen LogP contribution in [0, 0.1) is 0 Å². The normalized spacial score (nSPS) is 21.6. The zero-order valence-corrected chi connectivity index (χ0v) is 18.8. The molecule has 8 nitrogen and oxygen atoms in total. The lowest BCUT2D eigenvalue weighted by Crippen LogP contribution is -2.51. The van der Waals surface area contributed by atoms with Gasteiger partial charge in [0.1, 0.15) is 17.5 Å². The van der Waals surface area contributed by atoms with Gasteiger partial charge >= 0.3 is 0 Å². The van der Waals surface area contributed by atoms with Gasteiger partial charge in [-0.05, 0) is 55.6 Å². The molecule has 3 aliphatic heterocycles. The van der Waals surface area contributed by atoms with Gasteiger partial charge in [-0.1, -0.05) is 12.1 Å². The number of methoxy groups -OCH3 is 1. The summed E-state index contributed by atoms with van der Waals surface area (Å²) in [7, 11) is 3.61. The summed E-state index contributed by atoms with van der Waals surface area (Å²) in [6.45, 7) is 1.52. The average molecular weight is 446 g/mol. The highest BCUT2D eigenvalue weighted by Gasteiger charge is 2.42. The van der Waals surface area contributed by atoms with Crippen LogP contribution in [-0.2, 0) is 11.2 Å². The number of hydrogen-bond donors (Lipinski definition) is 3. The standard InChI is InChI=1S/C25H27N5O3/c1-29-19-6-3-7-20(33-2)21(19)25(32)30-12-10-16-15-9-8-14(13-18(15)28-22(16)24(29)30)27-23(31)17-5-4-11-26-17/h3,6-9,13,17,24,26,28H,4-5,10-12H2,1-2H3,(H,27,31)/t17-,24+/m1/s1. The molecule has 170 valence electrons. The predicted octanol–water partition coefficient (Wildman–Crippen LogP) is 3.01. The van der Waals surface area contributed by atoms with E-state index in [0.29, 0.717) is 17.9 Å². The molecule has 2 amide bonds. The second kappa shape index (κ2) is 7.52. The monoisotopic (exact) mass is 445 g/mol. The van der Waals surface area contributed by atoms with Crippen molar-refractivity contribution in [2.75, 3.05) is 37.5 Å². The van der Waals surface area contributed by atoms with E-state index in [1.807, 2.05) is 42.3 Å². The van der Waals surface area contributed by atoms with Crippen molar-refractivity contribution >= 4 is 34.1 Å². The second-order valence-electron chi connectivity index (χ2n) is 9.00. The van der Waals surface area contributed by atoms with Crippen molar-refractivity contribution in [3.63, 3.8) is 0 Å². The first-order valence-corrected chi connectivity index (χ1v) is 11.5. The molecule has 0 aliphatic carbocycles. The number of carbonyl (C=O) groups is 2. The number of anilines is 2. The third-order valence-electron chi connectivity index (χ3n) is 7.19. The van der Waals surface area contributed by atoms with Crippen molar-refractivity contribution < 1.29 is 14.3 Å².